The van der Waals surface area contributed by atoms with Crippen molar-refractivity contribution in [2.45, 2.75) is 23.5 Å². The molecular weight excluding hydrogens is 210 g/mol. The van der Waals surface area contributed by atoms with Crippen LogP contribution < -0.4 is 5.32 Å². The van der Waals surface area contributed by atoms with E-state index in [4.69, 9.17) is 0 Å². The van der Waals surface area contributed by atoms with Crippen molar-refractivity contribution in [2.24, 2.45) is 5.92 Å². The number of rotatable bonds is 5. The number of nitrogens with zero attached hydrogens (tertiary/aromatic N) is 3. The summed E-state index contributed by atoms with van der Waals surface area (Å²) >= 11 is 1.54. The Kier molecular flexibility index (Phi) is 2.93. The summed E-state index contributed by atoms with van der Waals surface area (Å²) < 4.78 is 0. The maximum atomic E-state index is 9.24. The molecule has 5 nitrogen and oxygen atoms in total. The third kappa shape index (κ3) is 2.13. The van der Waals surface area contributed by atoms with Crippen LogP contribution in [0.1, 0.15) is 12.8 Å². The van der Waals surface area contributed by atoms with Gasteiger partial charge in [0.1, 0.15) is 11.9 Å². The van der Waals surface area contributed by atoms with Crippen LogP contribution in [0.5, 0.6) is 0 Å². The lowest BCUT2D eigenvalue weighted by molar-refractivity contribution is 0.441. The predicted octanol–water partition coefficient (Wildman–Crippen LogP) is 0.789. The average Bonchev–Trinajstić information content (AvgIpc) is 2.99. The van der Waals surface area contributed by atoms with Gasteiger partial charge in [0, 0.05) is 5.75 Å². The lowest BCUT2D eigenvalue weighted by atomic mass is 9.98. The summed E-state index contributed by atoms with van der Waals surface area (Å²) in [4.78, 5) is 4.03. The summed E-state index contributed by atoms with van der Waals surface area (Å²) in [5, 5.41) is 19.7. The molecule has 2 N–H and O–H groups in total. The predicted molar refractivity (Wildman–Crippen MR) is 57.2 cm³/mol. The molecule has 1 aromatic rings. The smallest absolute Gasteiger partial charge is 0.183 e. The van der Waals surface area contributed by atoms with E-state index in [2.05, 4.69) is 26.6 Å². The van der Waals surface area contributed by atoms with Crippen LogP contribution in [0.3, 0.4) is 0 Å². The van der Waals surface area contributed by atoms with Crippen molar-refractivity contribution in [3.8, 4) is 6.07 Å². The molecule has 0 saturated heterocycles. The first kappa shape index (κ1) is 10.5. The molecule has 1 unspecified atom stereocenters. The lowest BCUT2D eigenvalue weighted by Gasteiger charge is -2.24. The minimum absolute atomic E-state index is 0.405. The second kappa shape index (κ2) is 4.21. The molecule has 0 amide bonds. The van der Waals surface area contributed by atoms with Crippen LogP contribution in [-0.2, 0) is 0 Å². The first-order valence-electron chi connectivity index (χ1n) is 4.89. The number of hydrogen-bond donors (Lipinski definition) is 2. The van der Waals surface area contributed by atoms with Gasteiger partial charge in [0.2, 0.25) is 0 Å². The van der Waals surface area contributed by atoms with E-state index in [1.807, 2.05) is 7.05 Å². The fraction of sp³-hybridized carbons (Fsp3) is 0.667. The molecule has 0 spiro atoms. The maximum Gasteiger partial charge on any atom is 0.183 e. The Balaban J connectivity index is 1.98. The molecule has 1 fully saturated rings. The van der Waals surface area contributed by atoms with E-state index in [0.717, 1.165) is 18.0 Å². The Morgan fingerprint density at radius 1 is 1.80 bits per heavy atom. The number of nitriles is 1. The van der Waals surface area contributed by atoms with Crippen molar-refractivity contribution in [3.63, 3.8) is 0 Å². The molecule has 80 valence electrons. The highest BCUT2D eigenvalue weighted by atomic mass is 32.2. The number of aromatic nitrogens is 3. The number of nitrogens with one attached hydrogen (secondary N) is 2. The second-order valence-corrected chi connectivity index (χ2v) is 4.65. The van der Waals surface area contributed by atoms with Crippen molar-refractivity contribution in [3.05, 3.63) is 6.33 Å². The van der Waals surface area contributed by atoms with Crippen molar-refractivity contribution in [1.82, 2.24) is 20.5 Å². The summed E-state index contributed by atoms with van der Waals surface area (Å²) in [6.45, 7) is 0. The molecule has 0 bridgehead atoms. The molecule has 1 heterocycles. The molecule has 1 saturated carbocycles. The number of H-pyrrole nitrogens is 1. The second-order valence-electron chi connectivity index (χ2n) is 3.69. The van der Waals surface area contributed by atoms with Gasteiger partial charge >= 0.3 is 0 Å². The van der Waals surface area contributed by atoms with Crippen LogP contribution in [0.25, 0.3) is 0 Å². The van der Waals surface area contributed by atoms with E-state index in [1.165, 1.54) is 18.1 Å². The third-order valence-corrected chi connectivity index (χ3v) is 3.82. The summed E-state index contributed by atoms with van der Waals surface area (Å²) in [5.41, 5.74) is -0.405. The average molecular weight is 223 g/mol. The quantitative estimate of drug-likeness (QED) is 0.722. The standard InChI is InChI=1S/C9H13N5S/c1-11-9(4-10,7-2-3-7)5-15-8-12-6-13-14-8/h6-7,11H,2-3,5H2,1H3,(H,12,13,14). The molecule has 0 radical (unpaired) electrons. The fourth-order valence-electron chi connectivity index (χ4n) is 1.60. The minimum atomic E-state index is -0.405. The van der Waals surface area contributed by atoms with Gasteiger partial charge in [-0.3, -0.25) is 5.10 Å². The van der Waals surface area contributed by atoms with Gasteiger partial charge in [-0.1, -0.05) is 11.8 Å². The highest BCUT2D eigenvalue weighted by molar-refractivity contribution is 7.99. The number of aromatic amines is 1. The minimum Gasteiger partial charge on any atom is -0.302 e. The molecule has 1 atom stereocenters. The highest BCUT2D eigenvalue weighted by Crippen LogP contribution is 2.41. The summed E-state index contributed by atoms with van der Waals surface area (Å²) in [6.07, 6.45) is 3.77. The van der Waals surface area contributed by atoms with Crippen LogP contribution in [0.15, 0.2) is 11.5 Å². The molecule has 1 aliphatic carbocycles. The molecule has 6 heteroatoms. The molecule has 1 aliphatic rings. The van der Waals surface area contributed by atoms with E-state index >= 15 is 0 Å². The van der Waals surface area contributed by atoms with Gasteiger partial charge in [0.05, 0.1) is 6.07 Å². The summed E-state index contributed by atoms with van der Waals surface area (Å²) in [5.74, 6) is 1.20. The molecule has 1 aromatic heterocycles. The van der Waals surface area contributed by atoms with Gasteiger partial charge in [-0.25, -0.2) is 4.98 Å². The lowest BCUT2D eigenvalue weighted by Crippen LogP contribution is -2.46. The zero-order chi connectivity index (χ0) is 10.7. The van der Waals surface area contributed by atoms with Crippen molar-refractivity contribution < 1.29 is 0 Å². The van der Waals surface area contributed by atoms with Crippen LogP contribution in [0.4, 0.5) is 0 Å². The van der Waals surface area contributed by atoms with E-state index < -0.39 is 5.54 Å². The molecule has 2 rings (SSSR count). The van der Waals surface area contributed by atoms with E-state index in [9.17, 15) is 5.26 Å². The van der Waals surface area contributed by atoms with Gasteiger partial charge in [-0.2, -0.15) is 10.4 Å². The first-order valence-corrected chi connectivity index (χ1v) is 5.87. The Morgan fingerprint density at radius 3 is 3.07 bits per heavy atom. The molecule has 15 heavy (non-hydrogen) atoms. The zero-order valence-corrected chi connectivity index (χ0v) is 9.34. The van der Waals surface area contributed by atoms with Gasteiger partial charge in [0.25, 0.3) is 0 Å². The summed E-state index contributed by atoms with van der Waals surface area (Å²) in [6, 6.07) is 2.40. The Morgan fingerprint density at radius 2 is 2.60 bits per heavy atom. The molecular formula is C9H13N5S. The zero-order valence-electron chi connectivity index (χ0n) is 8.53. The van der Waals surface area contributed by atoms with Crippen molar-refractivity contribution >= 4 is 11.8 Å². The normalized spacial score (nSPS) is 19.5. The van der Waals surface area contributed by atoms with Gasteiger partial charge in [-0.15, -0.1) is 0 Å². The summed E-state index contributed by atoms with van der Waals surface area (Å²) in [7, 11) is 1.85. The van der Waals surface area contributed by atoms with Crippen molar-refractivity contribution in [2.75, 3.05) is 12.8 Å². The largest absolute Gasteiger partial charge is 0.302 e. The Bertz CT molecular complexity index is 353. The topological polar surface area (TPSA) is 77.4 Å². The van der Waals surface area contributed by atoms with Gasteiger partial charge in [-0.05, 0) is 25.8 Å². The fourth-order valence-corrected chi connectivity index (χ4v) is 2.64. The monoisotopic (exact) mass is 223 g/mol. The van der Waals surface area contributed by atoms with Crippen LogP contribution in [-0.4, -0.2) is 33.5 Å². The van der Waals surface area contributed by atoms with Crippen molar-refractivity contribution in [1.29, 1.82) is 5.26 Å². The Hall–Kier alpha value is -1.06. The third-order valence-electron chi connectivity index (χ3n) is 2.75. The van der Waals surface area contributed by atoms with Gasteiger partial charge < -0.3 is 5.32 Å². The Labute approximate surface area is 92.7 Å². The van der Waals surface area contributed by atoms with E-state index in [1.54, 1.807) is 0 Å². The molecule has 0 aromatic carbocycles. The first-order chi connectivity index (χ1) is 7.30. The maximum absolute atomic E-state index is 9.24. The molecule has 0 aliphatic heterocycles. The van der Waals surface area contributed by atoms with E-state index in [0.29, 0.717) is 11.7 Å². The number of thioether (sulfide) groups is 1. The number of hydrogen-bond acceptors (Lipinski definition) is 5. The highest BCUT2D eigenvalue weighted by Gasteiger charge is 2.44. The van der Waals surface area contributed by atoms with Crippen LogP contribution >= 0.6 is 11.8 Å². The van der Waals surface area contributed by atoms with Crippen LogP contribution in [0.2, 0.25) is 0 Å². The van der Waals surface area contributed by atoms with Gasteiger partial charge in [0.15, 0.2) is 5.16 Å². The van der Waals surface area contributed by atoms with Crippen LogP contribution in [0, 0.1) is 17.2 Å². The SMILES string of the molecule is CNC(C#N)(CSc1ncn[nH]1)C1CC1. The van der Waals surface area contributed by atoms with E-state index in [-0.39, 0.29) is 0 Å².